The number of aryl methyl sites for hydroxylation is 1. The number of halogens is 1. The monoisotopic (exact) mass is 374 g/mol. The average Bonchev–Trinajstić information content (AvgIpc) is 2.55. The number of para-hydroxylation sites is 1. The first-order valence-electron chi connectivity index (χ1n) is 8.59. The molecule has 1 atom stereocenters. The van der Waals surface area contributed by atoms with Crippen molar-refractivity contribution >= 4 is 23.0 Å². The maximum Gasteiger partial charge on any atom is 0.311 e. The molecule has 0 saturated heterocycles. The number of fused-ring (bicyclic) bond motifs is 1. The van der Waals surface area contributed by atoms with Gasteiger partial charge < -0.3 is 10.1 Å². The maximum atomic E-state index is 11.4. The quantitative estimate of drug-likeness (QED) is 0.534. The number of ether oxygens (including phenoxy) is 1. The lowest BCUT2D eigenvalue weighted by molar-refractivity contribution is -0.385. The molecule has 0 aromatic heterocycles. The highest BCUT2D eigenvalue weighted by Crippen LogP contribution is 2.49. The first kappa shape index (κ1) is 18.5. The van der Waals surface area contributed by atoms with Crippen molar-refractivity contribution in [3.8, 4) is 16.9 Å². The number of nitrogens with zero attached hydrogens (tertiary/aromatic N) is 1. The average molecular weight is 375 g/mol. The van der Waals surface area contributed by atoms with Crippen LogP contribution in [0, 0.1) is 17.0 Å². The summed E-state index contributed by atoms with van der Waals surface area (Å²) in [5.74, 6) is 0.507. The van der Waals surface area contributed by atoms with Gasteiger partial charge in [0.05, 0.1) is 17.1 Å². The van der Waals surface area contributed by atoms with Crippen LogP contribution < -0.4 is 10.1 Å². The van der Waals surface area contributed by atoms with E-state index < -0.39 is 4.92 Å². The molecule has 0 radical (unpaired) electrons. The zero-order valence-electron chi connectivity index (χ0n) is 15.6. The van der Waals surface area contributed by atoms with Crippen LogP contribution in [0.5, 0.6) is 5.75 Å². The van der Waals surface area contributed by atoms with Crippen molar-refractivity contribution in [1.29, 1.82) is 0 Å². The minimum absolute atomic E-state index is 0.00868. The smallest absolute Gasteiger partial charge is 0.311 e. The molecule has 1 aliphatic heterocycles. The van der Waals surface area contributed by atoms with Crippen LogP contribution in [0.25, 0.3) is 11.1 Å². The van der Waals surface area contributed by atoms with Crippen molar-refractivity contribution in [2.75, 3.05) is 12.4 Å². The number of hydrogen-bond donors (Lipinski definition) is 1. The fourth-order valence-electron chi connectivity index (χ4n) is 4.00. The molecule has 1 aliphatic rings. The normalized spacial score (nSPS) is 18.0. The Morgan fingerprint density at radius 3 is 2.65 bits per heavy atom. The Kier molecular flexibility index (Phi) is 4.61. The minimum atomic E-state index is -0.436. The van der Waals surface area contributed by atoms with E-state index in [9.17, 15) is 10.1 Å². The summed E-state index contributed by atoms with van der Waals surface area (Å²) in [5, 5.41) is 15.6. The van der Waals surface area contributed by atoms with Crippen LogP contribution in [0.15, 0.2) is 24.3 Å². The van der Waals surface area contributed by atoms with E-state index in [-0.39, 0.29) is 22.9 Å². The molecule has 1 N–H and O–H groups in total. The van der Waals surface area contributed by atoms with E-state index >= 15 is 0 Å². The lowest BCUT2D eigenvalue weighted by Crippen LogP contribution is -2.37. The van der Waals surface area contributed by atoms with Gasteiger partial charge in [-0.2, -0.15) is 0 Å². The Hall–Kier alpha value is -2.27. The van der Waals surface area contributed by atoms with Crippen LogP contribution in [0.4, 0.5) is 11.4 Å². The molecule has 0 aliphatic carbocycles. The molecule has 6 heteroatoms. The van der Waals surface area contributed by atoms with Crippen molar-refractivity contribution in [1.82, 2.24) is 0 Å². The standard InChI is InChI=1S/C20H23ClN2O3/c1-11-9-14(13-7-6-8-15(23(24)25)19(13)26-5)17(21)16-12(2)10-20(3,4)22-18(11)16/h6-9,12,22H,10H2,1-5H3. The second-order valence-electron chi connectivity index (χ2n) is 7.57. The Bertz CT molecular complexity index is 893. The fraction of sp³-hybridized carbons (Fsp3) is 0.400. The summed E-state index contributed by atoms with van der Waals surface area (Å²) < 4.78 is 5.38. The van der Waals surface area contributed by atoms with E-state index in [1.807, 2.05) is 19.1 Å². The first-order valence-corrected chi connectivity index (χ1v) is 8.97. The van der Waals surface area contributed by atoms with Gasteiger partial charge in [0.1, 0.15) is 0 Å². The number of nitrogens with one attached hydrogen (secondary N) is 1. The number of hydrogen-bond acceptors (Lipinski definition) is 4. The molecule has 26 heavy (non-hydrogen) atoms. The molecule has 2 aromatic carbocycles. The van der Waals surface area contributed by atoms with Crippen LogP contribution in [0.3, 0.4) is 0 Å². The van der Waals surface area contributed by atoms with E-state index in [0.717, 1.165) is 28.8 Å². The number of anilines is 1. The molecule has 0 saturated carbocycles. The topological polar surface area (TPSA) is 64.4 Å². The molecule has 0 spiro atoms. The van der Waals surface area contributed by atoms with E-state index in [4.69, 9.17) is 16.3 Å². The summed E-state index contributed by atoms with van der Waals surface area (Å²) in [6.07, 6.45) is 0.953. The van der Waals surface area contributed by atoms with Crippen molar-refractivity contribution in [3.63, 3.8) is 0 Å². The summed E-state index contributed by atoms with van der Waals surface area (Å²) in [6.45, 7) is 8.55. The molecule has 138 valence electrons. The molecule has 2 aromatic rings. The van der Waals surface area contributed by atoms with Crippen LogP contribution in [-0.4, -0.2) is 17.6 Å². The molecular formula is C20H23ClN2O3. The van der Waals surface area contributed by atoms with E-state index in [2.05, 4.69) is 26.1 Å². The third-order valence-electron chi connectivity index (χ3n) is 4.96. The second-order valence-corrected chi connectivity index (χ2v) is 7.95. The summed E-state index contributed by atoms with van der Waals surface area (Å²) in [6, 6.07) is 6.88. The van der Waals surface area contributed by atoms with E-state index in [1.54, 1.807) is 6.07 Å². The summed E-state index contributed by atoms with van der Waals surface area (Å²) in [5.41, 5.74) is 4.51. The van der Waals surface area contributed by atoms with Crippen LogP contribution in [-0.2, 0) is 0 Å². The van der Waals surface area contributed by atoms with Crippen molar-refractivity contribution < 1.29 is 9.66 Å². The fourth-order valence-corrected chi connectivity index (χ4v) is 4.43. The Balaban J connectivity index is 2.27. The summed E-state index contributed by atoms with van der Waals surface area (Å²) in [7, 11) is 1.44. The lowest BCUT2D eigenvalue weighted by atomic mass is 9.79. The van der Waals surface area contributed by atoms with E-state index in [1.165, 1.54) is 13.2 Å². The highest BCUT2D eigenvalue weighted by Gasteiger charge is 2.33. The van der Waals surface area contributed by atoms with Gasteiger partial charge in [-0.15, -0.1) is 0 Å². The Morgan fingerprint density at radius 1 is 1.35 bits per heavy atom. The van der Waals surface area contributed by atoms with Gasteiger partial charge in [0.15, 0.2) is 0 Å². The number of rotatable bonds is 3. The number of nitro groups is 1. The Labute approximate surface area is 158 Å². The van der Waals surface area contributed by atoms with Gasteiger partial charge in [-0.1, -0.05) is 30.7 Å². The molecule has 0 fully saturated rings. The molecule has 0 amide bonds. The predicted octanol–water partition coefficient (Wildman–Crippen LogP) is 5.93. The predicted molar refractivity (Wildman–Crippen MR) is 106 cm³/mol. The van der Waals surface area contributed by atoms with Gasteiger partial charge in [0, 0.05) is 28.4 Å². The van der Waals surface area contributed by atoms with Gasteiger partial charge in [-0.05, 0) is 50.3 Å². The molecule has 1 unspecified atom stereocenters. The number of benzene rings is 2. The zero-order valence-corrected chi connectivity index (χ0v) is 16.4. The number of nitro benzene ring substituents is 1. The maximum absolute atomic E-state index is 11.4. The second kappa shape index (κ2) is 6.47. The zero-order chi connectivity index (χ0) is 19.2. The summed E-state index contributed by atoms with van der Waals surface area (Å²) in [4.78, 5) is 10.9. The van der Waals surface area contributed by atoms with Gasteiger partial charge in [0.2, 0.25) is 5.75 Å². The van der Waals surface area contributed by atoms with Crippen molar-refractivity contribution in [2.24, 2.45) is 0 Å². The van der Waals surface area contributed by atoms with Crippen LogP contribution in [0.1, 0.15) is 44.2 Å². The van der Waals surface area contributed by atoms with Crippen molar-refractivity contribution in [2.45, 2.75) is 45.6 Å². The number of methoxy groups -OCH3 is 1. The Morgan fingerprint density at radius 2 is 2.04 bits per heavy atom. The first-order chi connectivity index (χ1) is 12.2. The van der Waals surface area contributed by atoms with Gasteiger partial charge in [-0.25, -0.2) is 0 Å². The van der Waals surface area contributed by atoms with Crippen LogP contribution >= 0.6 is 11.6 Å². The molecule has 3 rings (SSSR count). The third kappa shape index (κ3) is 3.01. The third-order valence-corrected chi connectivity index (χ3v) is 5.36. The lowest BCUT2D eigenvalue weighted by Gasteiger charge is -2.39. The van der Waals surface area contributed by atoms with Crippen molar-refractivity contribution in [3.05, 3.63) is 50.5 Å². The molecular weight excluding hydrogens is 352 g/mol. The highest BCUT2D eigenvalue weighted by atomic mass is 35.5. The van der Waals surface area contributed by atoms with Crippen LogP contribution in [0.2, 0.25) is 5.02 Å². The molecule has 0 bridgehead atoms. The van der Waals surface area contributed by atoms with Gasteiger partial charge in [0.25, 0.3) is 0 Å². The molecule has 1 heterocycles. The SMILES string of the molecule is COc1c(-c2cc(C)c3c(c2Cl)C(C)CC(C)(C)N3)cccc1[N+](=O)[O-]. The van der Waals surface area contributed by atoms with Gasteiger partial charge >= 0.3 is 5.69 Å². The van der Waals surface area contributed by atoms with Gasteiger partial charge in [-0.3, -0.25) is 10.1 Å². The highest BCUT2D eigenvalue weighted by molar-refractivity contribution is 6.35. The largest absolute Gasteiger partial charge is 0.490 e. The summed E-state index contributed by atoms with van der Waals surface area (Å²) >= 11 is 6.82. The molecule has 5 nitrogen and oxygen atoms in total. The minimum Gasteiger partial charge on any atom is -0.490 e. The van der Waals surface area contributed by atoms with E-state index in [0.29, 0.717) is 10.6 Å².